The molecule has 1 saturated heterocycles. The van der Waals surface area contributed by atoms with Gasteiger partial charge in [-0.2, -0.15) is 8.42 Å². The molecule has 0 saturated carbocycles. The number of imide groups is 1. The molecular formula is C24H18BrNO5S2. The number of rotatable bonds is 6. The number of carbonyl (C=O) groups is 2. The summed E-state index contributed by atoms with van der Waals surface area (Å²) < 4.78 is 30.9. The van der Waals surface area contributed by atoms with Crippen LogP contribution in [0.3, 0.4) is 0 Å². The zero-order valence-corrected chi connectivity index (χ0v) is 20.6. The van der Waals surface area contributed by atoms with Crippen molar-refractivity contribution in [3.63, 3.8) is 0 Å². The molecule has 6 nitrogen and oxygen atoms in total. The first kappa shape index (κ1) is 23.3. The molecule has 0 unspecified atom stereocenters. The molecule has 2 amide bonds. The quantitative estimate of drug-likeness (QED) is 0.290. The van der Waals surface area contributed by atoms with E-state index in [4.69, 9.17) is 4.18 Å². The fraction of sp³-hybridized carbons (Fsp3) is 0.0833. The topological polar surface area (TPSA) is 80.8 Å². The SMILES string of the molecule is Cc1ccc(S(=O)(=O)Oc2ccc(/C=C3\SC(=O)N(Cc4ccccc4Br)C3=O)cc2)cc1. The first-order valence-corrected chi connectivity index (χ1v) is 12.8. The van der Waals surface area contributed by atoms with Crippen LogP contribution in [0.2, 0.25) is 0 Å². The molecule has 168 valence electrons. The molecule has 9 heteroatoms. The standard InChI is InChI=1S/C24H18BrNO5S2/c1-16-6-12-20(13-7-16)33(29,30)31-19-10-8-17(9-11-19)14-22-23(27)26(24(28)32-22)15-18-4-2-3-5-21(18)25/h2-14H,15H2,1H3/b22-14-. The van der Waals surface area contributed by atoms with Gasteiger partial charge in [0.2, 0.25) is 0 Å². The molecule has 0 aromatic heterocycles. The summed E-state index contributed by atoms with van der Waals surface area (Å²) in [7, 11) is -3.95. The number of aryl methyl sites for hydroxylation is 1. The van der Waals surface area contributed by atoms with E-state index in [2.05, 4.69) is 15.9 Å². The van der Waals surface area contributed by atoms with Gasteiger partial charge in [-0.1, -0.05) is 64.0 Å². The maximum Gasteiger partial charge on any atom is 0.339 e. The molecule has 0 radical (unpaired) electrons. The summed E-state index contributed by atoms with van der Waals surface area (Å²) in [4.78, 5) is 26.7. The largest absolute Gasteiger partial charge is 0.379 e. The average Bonchev–Trinajstić information content (AvgIpc) is 3.04. The lowest BCUT2D eigenvalue weighted by atomic mass is 10.2. The van der Waals surface area contributed by atoms with Crippen molar-refractivity contribution in [1.82, 2.24) is 4.90 Å². The highest BCUT2D eigenvalue weighted by atomic mass is 79.9. The first-order valence-electron chi connectivity index (χ1n) is 9.83. The molecule has 3 aromatic rings. The maximum atomic E-state index is 12.8. The van der Waals surface area contributed by atoms with Crippen LogP contribution < -0.4 is 4.18 Å². The summed E-state index contributed by atoms with van der Waals surface area (Å²) in [5.41, 5.74) is 2.41. The van der Waals surface area contributed by atoms with Crippen molar-refractivity contribution < 1.29 is 22.2 Å². The van der Waals surface area contributed by atoms with Crippen LogP contribution in [0.4, 0.5) is 4.79 Å². The van der Waals surface area contributed by atoms with Crippen LogP contribution in [0.5, 0.6) is 5.75 Å². The molecule has 1 aliphatic rings. The minimum atomic E-state index is -3.95. The lowest BCUT2D eigenvalue weighted by molar-refractivity contribution is -0.123. The summed E-state index contributed by atoms with van der Waals surface area (Å²) >= 11 is 4.30. The molecule has 0 N–H and O–H groups in total. The Bertz CT molecular complexity index is 1350. The van der Waals surface area contributed by atoms with E-state index in [1.165, 1.54) is 29.2 Å². The first-order chi connectivity index (χ1) is 15.7. The van der Waals surface area contributed by atoms with Gasteiger partial charge in [0.25, 0.3) is 11.1 Å². The number of nitrogens with zero attached hydrogens (tertiary/aromatic N) is 1. The minimum Gasteiger partial charge on any atom is -0.379 e. The second-order valence-corrected chi connectivity index (χ2v) is 10.7. The lowest BCUT2D eigenvalue weighted by Crippen LogP contribution is -2.27. The number of benzene rings is 3. The van der Waals surface area contributed by atoms with Crippen molar-refractivity contribution in [3.05, 3.63) is 98.9 Å². The Hall–Kier alpha value is -2.88. The molecule has 33 heavy (non-hydrogen) atoms. The molecule has 0 spiro atoms. The normalized spacial score (nSPS) is 15.3. The van der Waals surface area contributed by atoms with Crippen molar-refractivity contribution in [3.8, 4) is 5.75 Å². The minimum absolute atomic E-state index is 0.0657. The van der Waals surface area contributed by atoms with Crippen molar-refractivity contribution in [1.29, 1.82) is 0 Å². The fourth-order valence-corrected chi connectivity index (χ4v) is 5.26. The van der Waals surface area contributed by atoms with E-state index in [9.17, 15) is 18.0 Å². The van der Waals surface area contributed by atoms with Gasteiger partial charge in [-0.05, 0) is 66.2 Å². The highest BCUT2D eigenvalue weighted by Gasteiger charge is 2.35. The molecule has 0 atom stereocenters. The Balaban J connectivity index is 1.47. The molecule has 0 aliphatic carbocycles. The van der Waals surface area contributed by atoms with E-state index in [1.807, 2.05) is 31.2 Å². The molecule has 3 aromatic carbocycles. The van der Waals surface area contributed by atoms with E-state index in [1.54, 1.807) is 30.3 Å². The summed E-state index contributed by atoms with van der Waals surface area (Å²) in [6, 6.07) is 20.0. The second-order valence-electron chi connectivity index (χ2n) is 7.28. The zero-order valence-electron chi connectivity index (χ0n) is 17.4. The van der Waals surface area contributed by atoms with Crippen LogP contribution in [0.15, 0.2) is 87.1 Å². The number of thioether (sulfide) groups is 1. The van der Waals surface area contributed by atoms with Gasteiger partial charge in [0.15, 0.2) is 0 Å². The number of hydrogen-bond acceptors (Lipinski definition) is 6. The van der Waals surface area contributed by atoms with Crippen LogP contribution in [0.1, 0.15) is 16.7 Å². The van der Waals surface area contributed by atoms with Gasteiger partial charge in [-0.15, -0.1) is 0 Å². The Kier molecular flexibility index (Phi) is 6.73. The summed E-state index contributed by atoms with van der Waals surface area (Å²) in [6.45, 7) is 2.04. The third-order valence-electron chi connectivity index (χ3n) is 4.85. The Morgan fingerprint density at radius 1 is 0.970 bits per heavy atom. The summed E-state index contributed by atoms with van der Waals surface area (Å²) in [5, 5.41) is -0.342. The maximum absolute atomic E-state index is 12.8. The van der Waals surface area contributed by atoms with Gasteiger partial charge >= 0.3 is 10.1 Å². The summed E-state index contributed by atoms with van der Waals surface area (Å²) in [5.74, 6) is -0.224. The third kappa shape index (κ3) is 5.38. The summed E-state index contributed by atoms with van der Waals surface area (Å²) in [6.07, 6.45) is 1.60. The van der Waals surface area contributed by atoms with Crippen LogP contribution in [0.25, 0.3) is 6.08 Å². The number of amides is 2. The lowest BCUT2D eigenvalue weighted by Gasteiger charge is -2.13. The van der Waals surface area contributed by atoms with Crippen LogP contribution in [-0.2, 0) is 21.5 Å². The van der Waals surface area contributed by atoms with E-state index < -0.39 is 10.1 Å². The molecular weight excluding hydrogens is 526 g/mol. The highest BCUT2D eigenvalue weighted by Crippen LogP contribution is 2.34. The molecule has 1 fully saturated rings. The van der Waals surface area contributed by atoms with Gasteiger partial charge in [-0.25, -0.2) is 0 Å². The third-order valence-corrected chi connectivity index (χ3v) is 7.80. The Morgan fingerprint density at radius 3 is 2.30 bits per heavy atom. The highest BCUT2D eigenvalue weighted by molar-refractivity contribution is 9.10. The molecule has 0 bridgehead atoms. The van der Waals surface area contributed by atoms with Crippen molar-refractivity contribution >= 4 is 55.0 Å². The van der Waals surface area contributed by atoms with Crippen LogP contribution in [0, 0.1) is 6.92 Å². The van der Waals surface area contributed by atoms with E-state index in [-0.39, 0.29) is 28.3 Å². The number of carbonyl (C=O) groups excluding carboxylic acids is 2. The average molecular weight is 544 g/mol. The number of hydrogen-bond donors (Lipinski definition) is 0. The van der Waals surface area contributed by atoms with Crippen molar-refractivity contribution in [2.24, 2.45) is 0 Å². The smallest absolute Gasteiger partial charge is 0.339 e. The molecule has 1 heterocycles. The second kappa shape index (κ2) is 9.54. The zero-order chi connectivity index (χ0) is 23.6. The van der Waals surface area contributed by atoms with Crippen LogP contribution in [-0.4, -0.2) is 24.5 Å². The van der Waals surface area contributed by atoms with Gasteiger partial charge in [0.1, 0.15) is 10.6 Å². The van der Waals surface area contributed by atoms with Gasteiger partial charge in [0, 0.05) is 4.47 Å². The van der Waals surface area contributed by atoms with Crippen LogP contribution >= 0.6 is 27.7 Å². The van der Waals surface area contributed by atoms with Gasteiger partial charge in [-0.3, -0.25) is 14.5 Å². The van der Waals surface area contributed by atoms with Gasteiger partial charge < -0.3 is 4.18 Å². The number of halogens is 1. The predicted octanol–water partition coefficient (Wildman–Crippen LogP) is 5.76. The van der Waals surface area contributed by atoms with Crippen molar-refractivity contribution in [2.45, 2.75) is 18.4 Å². The Morgan fingerprint density at radius 2 is 1.64 bits per heavy atom. The van der Waals surface area contributed by atoms with E-state index in [0.717, 1.165) is 27.4 Å². The Labute approximate surface area is 204 Å². The fourth-order valence-electron chi connectivity index (χ4n) is 3.08. The van der Waals surface area contributed by atoms with E-state index in [0.29, 0.717) is 10.5 Å². The molecule has 4 rings (SSSR count). The molecule has 1 aliphatic heterocycles. The predicted molar refractivity (Wildman–Crippen MR) is 131 cm³/mol. The van der Waals surface area contributed by atoms with Gasteiger partial charge in [0.05, 0.1) is 11.4 Å². The van der Waals surface area contributed by atoms with E-state index >= 15 is 0 Å². The monoisotopic (exact) mass is 543 g/mol. The van der Waals surface area contributed by atoms with Crippen molar-refractivity contribution in [2.75, 3.05) is 0 Å².